The molecule has 5 heteroatoms. The lowest BCUT2D eigenvalue weighted by atomic mass is 10.2. The van der Waals surface area contributed by atoms with Gasteiger partial charge in [-0.25, -0.2) is 4.98 Å². The normalized spacial score (nSPS) is 12.2. The van der Waals surface area contributed by atoms with Crippen molar-refractivity contribution in [1.82, 2.24) is 4.98 Å². The third-order valence-corrected chi connectivity index (χ3v) is 2.19. The molecular weight excluding hydrogens is 206 g/mol. The number of carbonyl (C=O) groups excluding carboxylic acids is 1. The molecule has 0 aliphatic carbocycles. The van der Waals surface area contributed by atoms with Crippen molar-refractivity contribution in [3.8, 4) is 5.75 Å². The number of aromatic hydroxyl groups is 1. The third-order valence-electron chi connectivity index (χ3n) is 2.19. The molecular formula is C11H17N3O2. The number of carbonyl (C=O) groups is 1. The highest BCUT2D eigenvalue weighted by Crippen LogP contribution is 2.20. The average Bonchev–Trinajstić information content (AvgIpc) is 2.23. The van der Waals surface area contributed by atoms with E-state index in [2.05, 4.69) is 10.3 Å². The van der Waals surface area contributed by atoms with Crippen molar-refractivity contribution in [2.24, 2.45) is 5.73 Å². The number of anilines is 1. The number of nitrogens with two attached hydrogens (primary N) is 1. The molecule has 1 aromatic heterocycles. The maximum Gasteiger partial charge on any atom is 0.242 e. The molecule has 5 nitrogen and oxygen atoms in total. The maximum atomic E-state index is 11.6. The summed E-state index contributed by atoms with van der Waals surface area (Å²) in [5.41, 5.74) is 6.36. The molecule has 0 saturated carbocycles. The molecule has 1 atom stereocenters. The van der Waals surface area contributed by atoms with E-state index in [0.717, 1.165) is 12.1 Å². The summed E-state index contributed by atoms with van der Waals surface area (Å²) < 4.78 is 0. The molecule has 1 heterocycles. The van der Waals surface area contributed by atoms with E-state index in [-0.39, 0.29) is 17.5 Å². The summed E-state index contributed by atoms with van der Waals surface area (Å²) in [6.07, 6.45) is 1.44. The second-order valence-electron chi connectivity index (χ2n) is 3.70. The van der Waals surface area contributed by atoms with E-state index < -0.39 is 6.04 Å². The number of amides is 1. The number of aromatic nitrogens is 1. The van der Waals surface area contributed by atoms with Crippen molar-refractivity contribution in [1.29, 1.82) is 0 Å². The predicted molar refractivity (Wildman–Crippen MR) is 62.2 cm³/mol. The minimum atomic E-state index is -0.563. The molecule has 4 N–H and O–H groups in total. The number of pyridine rings is 1. The zero-order valence-corrected chi connectivity index (χ0v) is 9.53. The monoisotopic (exact) mass is 223 g/mol. The molecule has 0 bridgehead atoms. The van der Waals surface area contributed by atoms with E-state index in [1.807, 2.05) is 6.92 Å². The SMILES string of the molecule is CCC[C@H](N)C(=O)Nc1nc(C)ccc1O. The minimum absolute atomic E-state index is 0.0531. The number of hydrogen-bond acceptors (Lipinski definition) is 4. The summed E-state index contributed by atoms with van der Waals surface area (Å²) in [6, 6.07) is 2.59. The first-order chi connectivity index (χ1) is 7.54. The number of nitrogens with zero attached hydrogens (tertiary/aromatic N) is 1. The van der Waals surface area contributed by atoms with Crippen LogP contribution < -0.4 is 11.1 Å². The molecule has 0 unspecified atom stereocenters. The van der Waals surface area contributed by atoms with Crippen molar-refractivity contribution in [2.45, 2.75) is 32.7 Å². The van der Waals surface area contributed by atoms with Crippen LogP contribution in [0.2, 0.25) is 0 Å². The fourth-order valence-corrected chi connectivity index (χ4v) is 1.29. The topological polar surface area (TPSA) is 88.2 Å². The molecule has 0 saturated heterocycles. The Morgan fingerprint density at radius 2 is 2.31 bits per heavy atom. The average molecular weight is 223 g/mol. The second kappa shape index (κ2) is 5.46. The Bertz CT molecular complexity index is 379. The molecule has 1 amide bonds. The Hall–Kier alpha value is -1.62. The largest absolute Gasteiger partial charge is 0.504 e. The highest BCUT2D eigenvalue weighted by molar-refractivity contribution is 5.94. The van der Waals surface area contributed by atoms with E-state index in [1.54, 1.807) is 13.0 Å². The van der Waals surface area contributed by atoms with E-state index in [4.69, 9.17) is 5.73 Å². The van der Waals surface area contributed by atoms with E-state index in [1.165, 1.54) is 6.07 Å². The van der Waals surface area contributed by atoms with Gasteiger partial charge in [-0.05, 0) is 25.5 Å². The van der Waals surface area contributed by atoms with Gasteiger partial charge in [-0.1, -0.05) is 13.3 Å². The van der Waals surface area contributed by atoms with Crippen LogP contribution in [0.1, 0.15) is 25.5 Å². The molecule has 0 aliphatic rings. The Kier molecular flexibility index (Phi) is 4.25. The standard InChI is InChI=1S/C11H17N3O2/c1-3-4-8(12)11(16)14-10-9(15)6-5-7(2)13-10/h5-6,8,15H,3-4,12H2,1-2H3,(H,13,14,16)/t8-/m0/s1. The molecule has 1 aromatic rings. The van der Waals surface area contributed by atoms with Crippen LogP contribution in [0.5, 0.6) is 5.75 Å². The van der Waals surface area contributed by atoms with Crippen LogP contribution in [-0.4, -0.2) is 22.0 Å². The number of rotatable bonds is 4. The molecule has 0 aromatic carbocycles. The third kappa shape index (κ3) is 3.20. The highest BCUT2D eigenvalue weighted by atomic mass is 16.3. The number of nitrogens with one attached hydrogen (secondary N) is 1. The second-order valence-corrected chi connectivity index (χ2v) is 3.70. The van der Waals surface area contributed by atoms with Gasteiger partial charge in [-0.15, -0.1) is 0 Å². The summed E-state index contributed by atoms with van der Waals surface area (Å²) >= 11 is 0. The number of aryl methyl sites for hydroxylation is 1. The molecule has 0 fully saturated rings. The smallest absolute Gasteiger partial charge is 0.242 e. The van der Waals surface area contributed by atoms with Gasteiger partial charge in [0.15, 0.2) is 11.6 Å². The quantitative estimate of drug-likeness (QED) is 0.714. The molecule has 88 valence electrons. The van der Waals surface area contributed by atoms with Gasteiger partial charge in [0.1, 0.15) is 0 Å². The van der Waals surface area contributed by atoms with Crippen molar-refractivity contribution in [2.75, 3.05) is 5.32 Å². The van der Waals surface area contributed by atoms with Crippen LogP contribution in [0.4, 0.5) is 5.82 Å². The molecule has 1 rings (SSSR count). The van der Waals surface area contributed by atoms with Crippen LogP contribution in [-0.2, 0) is 4.79 Å². The zero-order valence-electron chi connectivity index (χ0n) is 9.53. The zero-order chi connectivity index (χ0) is 12.1. The van der Waals surface area contributed by atoms with Gasteiger partial charge in [0.2, 0.25) is 5.91 Å². The van der Waals surface area contributed by atoms with E-state index in [0.29, 0.717) is 6.42 Å². The summed E-state index contributed by atoms with van der Waals surface area (Å²) in [4.78, 5) is 15.6. The predicted octanol–water partition coefficient (Wildman–Crippen LogP) is 1.16. The first kappa shape index (κ1) is 12.4. The van der Waals surface area contributed by atoms with E-state index >= 15 is 0 Å². The van der Waals surface area contributed by atoms with Gasteiger partial charge in [0.05, 0.1) is 6.04 Å². The van der Waals surface area contributed by atoms with Crippen molar-refractivity contribution in [3.63, 3.8) is 0 Å². The fraction of sp³-hybridized carbons (Fsp3) is 0.455. The van der Waals surface area contributed by atoms with Crippen LogP contribution in [0.15, 0.2) is 12.1 Å². The highest BCUT2D eigenvalue weighted by Gasteiger charge is 2.14. The maximum absolute atomic E-state index is 11.6. The van der Waals surface area contributed by atoms with Crippen LogP contribution >= 0.6 is 0 Å². The van der Waals surface area contributed by atoms with E-state index in [9.17, 15) is 9.90 Å². The lowest BCUT2D eigenvalue weighted by Crippen LogP contribution is -2.35. The lowest BCUT2D eigenvalue weighted by Gasteiger charge is -2.11. The molecule has 0 radical (unpaired) electrons. The Labute approximate surface area is 94.7 Å². The Morgan fingerprint density at radius 3 is 2.94 bits per heavy atom. The van der Waals surface area contributed by atoms with Crippen molar-refractivity contribution in [3.05, 3.63) is 17.8 Å². The van der Waals surface area contributed by atoms with Gasteiger partial charge >= 0.3 is 0 Å². The molecule has 0 spiro atoms. The van der Waals surface area contributed by atoms with Gasteiger partial charge in [0, 0.05) is 5.69 Å². The van der Waals surface area contributed by atoms with Crippen LogP contribution in [0.25, 0.3) is 0 Å². The lowest BCUT2D eigenvalue weighted by molar-refractivity contribution is -0.117. The fourth-order valence-electron chi connectivity index (χ4n) is 1.29. The van der Waals surface area contributed by atoms with Crippen LogP contribution in [0.3, 0.4) is 0 Å². The van der Waals surface area contributed by atoms with Crippen molar-refractivity contribution >= 4 is 11.7 Å². The Balaban J connectivity index is 2.72. The molecule has 0 aliphatic heterocycles. The Morgan fingerprint density at radius 1 is 1.62 bits per heavy atom. The van der Waals surface area contributed by atoms with Crippen molar-refractivity contribution < 1.29 is 9.90 Å². The van der Waals surface area contributed by atoms with Gasteiger partial charge in [-0.2, -0.15) is 0 Å². The molecule has 16 heavy (non-hydrogen) atoms. The summed E-state index contributed by atoms with van der Waals surface area (Å²) in [7, 11) is 0. The van der Waals surface area contributed by atoms with Crippen LogP contribution in [0, 0.1) is 6.92 Å². The summed E-state index contributed by atoms with van der Waals surface area (Å²) in [6.45, 7) is 3.73. The van der Waals surface area contributed by atoms with Gasteiger partial charge in [-0.3, -0.25) is 4.79 Å². The summed E-state index contributed by atoms with van der Waals surface area (Å²) in [5.74, 6) is -0.213. The summed E-state index contributed by atoms with van der Waals surface area (Å²) in [5, 5.41) is 12.0. The van der Waals surface area contributed by atoms with Gasteiger partial charge in [0.25, 0.3) is 0 Å². The number of hydrogen-bond donors (Lipinski definition) is 3. The first-order valence-corrected chi connectivity index (χ1v) is 5.27. The van der Waals surface area contributed by atoms with Gasteiger partial charge < -0.3 is 16.2 Å². The first-order valence-electron chi connectivity index (χ1n) is 5.27. The minimum Gasteiger partial charge on any atom is -0.504 e.